The van der Waals surface area contributed by atoms with Crippen LogP contribution in [0, 0.1) is 5.92 Å². The zero-order valence-corrected chi connectivity index (χ0v) is 7.81. The molecule has 11 heavy (non-hydrogen) atoms. The first-order chi connectivity index (χ1) is 5.26. The predicted octanol–water partition coefficient (Wildman–Crippen LogP) is 1.95. The van der Waals surface area contributed by atoms with E-state index in [-0.39, 0.29) is 11.8 Å². The van der Waals surface area contributed by atoms with Gasteiger partial charge in [0, 0.05) is 13.0 Å². The van der Waals surface area contributed by atoms with Gasteiger partial charge in [0.25, 0.3) is 0 Å². The lowest BCUT2D eigenvalue weighted by Crippen LogP contribution is -2.26. The molecule has 0 bridgehead atoms. The van der Waals surface area contributed by atoms with Crippen LogP contribution in [0.15, 0.2) is 0 Å². The van der Waals surface area contributed by atoms with Crippen LogP contribution in [0.5, 0.6) is 0 Å². The quantitative estimate of drug-likeness (QED) is 0.649. The lowest BCUT2D eigenvalue weighted by molar-refractivity contribution is -0.124. The fourth-order valence-electron chi connectivity index (χ4n) is 1.18. The third-order valence-corrected chi connectivity index (χ3v) is 2.02. The first-order valence-corrected chi connectivity index (χ1v) is 4.47. The molecule has 0 rings (SSSR count). The van der Waals surface area contributed by atoms with Gasteiger partial charge in [0.2, 0.25) is 5.91 Å². The minimum Gasteiger partial charge on any atom is -0.359 e. The maximum atomic E-state index is 11.1. The summed E-state index contributed by atoms with van der Waals surface area (Å²) in [7, 11) is 1.71. The SMILES string of the molecule is CCCC[C@@H](CC)C(=O)NC. The molecule has 1 amide bonds. The topological polar surface area (TPSA) is 29.1 Å². The second kappa shape index (κ2) is 6.20. The molecule has 1 N–H and O–H groups in total. The van der Waals surface area contributed by atoms with E-state index in [1.54, 1.807) is 7.05 Å². The number of nitrogens with one attached hydrogen (secondary N) is 1. The Hall–Kier alpha value is -0.530. The minimum atomic E-state index is 0.195. The van der Waals surface area contributed by atoms with Gasteiger partial charge in [-0.3, -0.25) is 4.79 Å². The monoisotopic (exact) mass is 157 g/mol. The molecular weight excluding hydrogens is 138 g/mol. The first-order valence-electron chi connectivity index (χ1n) is 4.47. The van der Waals surface area contributed by atoms with Crippen LogP contribution in [0.25, 0.3) is 0 Å². The van der Waals surface area contributed by atoms with Crippen molar-refractivity contribution in [2.75, 3.05) is 7.05 Å². The maximum Gasteiger partial charge on any atom is 0.222 e. The van der Waals surface area contributed by atoms with Crippen molar-refractivity contribution in [2.24, 2.45) is 5.92 Å². The standard InChI is InChI=1S/C9H19NO/c1-4-6-7-8(5-2)9(11)10-3/h8H,4-7H2,1-3H3,(H,10,11)/t8-/m1/s1. The second-order valence-corrected chi connectivity index (χ2v) is 2.86. The van der Waals surface area contributed by atoms with E-state index in [0.29, 0.717) is 0 Å². The summed E-state index contributed by atoms with van der Waals surface area (Å²) in [6.45, 7) is 4.21. The number of unbranched alkanes of at least 4 members (excludes halogenated alkanes) is 1. The highest BCUT2D eigenvalue weighted by atomic mass is 16.1. The van der Waals surface area contributed by atoms with Crippen LogP contribution in [-0.4, -0.2) is 13.0 Å². The van der Waals surface area contributed by atoms with Gasteiger partial charge in [-0.2, -0.15) is 0 Å². The number of carbonyl (C=O) groups excluding carboxylic acids is 1. The Morgan fingerprint density at radius 2 is 2.09 bits per heavy atom. The summed E-state index contributed by atoms with van der Waals surface area (Å²) >= 11 is 0. The molecule has 0 aliphatic heterocycles. The van der Waals surface area contributed by atoms with Crippen LogP contribution in [0.1, 0.15) is 39.5 Å². The molecule has 0 radical (unpaired) electrons. The van der Waals surface area contributed by atoms with Gasteiger partial charge >= 0.3 is 0 Å². The van der Waals surface area contributed by atoms with Gasteiger partial charge in [-0.25, -0.2) is 0 Å². The molecule has 0 aromatic heterocycles. The zero-order chi connectivity index (χ0) is 8.69. The van der Waals surface area contributed by atoms with Gasteiger partial charge in [-0.05, 0) is 12.8 Å². The van der Waals surface area contributed by atoms with E-state index >= 15 is 0 Å². The van der Waals surface area contributed by atoms with Crippen LogP contribution < -0.4 is 5.32 Å². The largest absolute Gasteiger partial charge is 0.359 e. The van der Waals surface area contributed by atoms with E-state index < -0.39 is 0 Å². The summed E-state index contributed by atoms with van der Waals surface area (Å²) < 4.78 is 0. The Bertz CT molecular complexity index is 112. The van der Waals surface area contributed by atoms with Gasteiger partial charge < -0.3 is 5.32 Å². The molecule has 0 saturated carbocycles. The fourth-order valence-corrected chi connectivity index (χ4v) is 1.18. The average molecular weight is 157 g/mol. The van der Waals surface area contributed by atoms with Crippen molar-refractivity contribution in [3.8, 4) is 0 Å². The molecule has 0 fully saturated rings. The Labute approximate surface area is 69.4 Å². The number of rotatable bonds is 5. The van der Waals surface area contributed by atoms with Gasteiger partial charge in [0.1, 0.15) is 0 Å². The summed E-state index contributed by atoms with van der Waals surface area (Å²) in [5.41, 5.74) is 0. The molecule has 66 valence electrons. The van der Waals surface area contributed by atoms with E-state index in [0.717, 1.165) is 19.3 Å². The summed E-state index contributed by atoms with van der Waals surface area (Å²) in [6, 6.07) is 0. The van der Waals surface area contributed by atoms with Crippen molar-refractivity contribution in [2.45, 2.75) is 39.5 Å². The van der Waals surface area contributed by atoms with Gasteiger partial charge in [-0.1, -0.05) is 26.7 Å². The van der Waals surface area contributed by atoms with Crippen molar-refractivity contribution in [3.63, 3.8) is 0 Å². The van der Waals surface area contributed by atoms with Crippen molar-refractivity contribution in [3.05, 3.63) is 0 Å². The highest BCUT2D eigenvalue weighted by Gasteiger charge is 2.12. The highest BCUT2D eigenvalue weighted by Crippen LogP contribution is 2.11. The first kappa shape index (κ1) is 10.5. The highest BCUT2D eigenvalue weighted by molar-refractivity contribution is 5.78. The molecule has 0 heterocycles. The molecule has 0 saturated heterocycles. The van der Waals surface area contributed by atoms with Crippen molar-refractivity contribution < 1.29 is 4.79 Å². The molecule has 0 unspecified atom stereocenters. The number of hydrogen-bond donors (Lipinski definition) is 1. The Balaban J connectivity index is 3.65. The minimum absolute atomic E-state index is 0.195. The zero-order valence-electron chi connectivity index (χ0n) is 7.81. The van der Waals surface area contributed by atoms with E-state index in [4.69, 9.17) is 0 Å². The molecular formula is C9H19NO. The average Bonchev–Trinajstić information content (AvgIpc) is 2.05. The van der Waals surface area contributed by atoms with Crippen LogP contribution in [0.3, 0.4) is 0 Å². The van der Waals surface area contributed by atoms with Crippen LogP contribution in [-0.2, 0) is 4.79 Å². The van der Waals surface area contributed by atoms with Gasteiger partial charge in [-0.15, -0.1) is 0 Å². The molecule has 0 aromatic rings. The second-order valence-electron chi connectivity index (χ2n) is 2.86. The molecule has 0 spiro atoms. The molecule has 1 atom stereocenters. The van der Waals surface area contributed by atoms with E-state index in [1.807, 2.05) is 0 Å². The number of amides is 1. The van der Waals surface area contributed by atoms with E-state index in [2.05, 4.69) is 19.2 Å². The molecule has 2 heteroatoms. The molecule has 2 nitrogen and oxygen atoms in total. The van der Waals surface area contributed by atoms with Crippen LogP contribution in [0.2, 0.25) is 0 Å². The molecule has 0 aromatic carbocycles. The lowest BCUT2D eigenvalue weighted by atomic mass is 9.99. The Morgan fingerprint density at radius 1 is 1.45 bits per heavy atom. The van der Waals surface area contributed by atoms with Crippen molar-refractivity contribution in [1.82, 2.24) is 5.32 Å². The van der Waals surface area contributed by atoms with Gasteiger partial charge in [0.05, 0.1) is 0 Å². The molecule has 0 aliphatic carbocycles. The van der Waals surface area contributed by atoms with E-state index in [9.17, 15) is 4.79 Å². The summed E-state index contributed by atoms with van der Waals surface area (Å²) in [6.07, 6.45) is 4.33. The third-order valence-electron chi connectivity index (χ3n) is 2.02. The predicted molar refractivity (Wildman–Crippen MR) is 47.4 cm³/mol. The Kier molecular flexibility index (Phi) is 5.90. The van der Waals surface area contributed by atoms with Crippen LogP contribution >= 0.6 is 0 Å². The normalized spacial score (nSPS) is 12.6. The van der Waals surface area contributed by atoms with Crippen molar-refractivity contribution in [1.29, 1.82) is 0 Å². The lowest BCUT2D eigenvalue weighted by Gasteiger charge is -2.11. The molecule has 0 aliphatic rings. The summed E-state index contributed by atoms with van der Waals surface area (Å²) in [4.78, 5) is 11.1. The van der Waals surface area contributed by atoms with Gasteiger partial charge in [0.15, 0.2) is 0 Å². The van der Waals surface area contributed by atoms with Crippen molar-refractivity contribution >= 4 is 5.91 Å². The maximum absolute atomic E-state index is 11.1. The fraction of sp³-hybridized carbons (Fsp3) is 0.889. The summed E-state index contributed by atoms with van der Waals surface area (Å²) in [5.74, 6) is 0.431. The number of carbonyl (C=O) groups is 1. The smallest absolute Gasteiger partial charge is 0.222 e. The third kappa shape index (κ3) is 4.02. The number of hydrogen-bond acceptors (Lipinski definition) is 1. The van der Waals surface area contributed by atoms with Crippen LogP contribution in [0.4, 0.5) is 0 Å². The Morgan fingerprint density at radius 3 is 2.45 bits per heavy atom. The summed E-state index contributed by atoms with van der Waals surface area (Å²) in [5, 5.41) is 2.69. The van der Waals surface area contributed by atoms with E-state index in [1.165, 1.54) is 6.42 Å².